The number of para-hydroxylation sites is 3. The van der Waals surface area contributed by atoms with Crippen LogP contribution in [0.15, 0.2) is 170 Å². The Morgan fingerprint density at radius 2 is 1.02 bits per heavy atom. The van der Waals surface area contributed by atoms with Crippen molar-refractivity contribution in [2.24, 2.45) is 0 Å². The summed E-state index contributed by atoms with van der Waals surface area (Å²) in [5.41, 5.74) is 12.7. The Bertz CT molecular complexity index is 3330. The molecule has 0 unspecified atom stereocenters. The van der Waals surface area contributed by atoms with Gasteiger partial charge in [0.25, 0.3) is 0 Å². The van der Waals surface area contributed by atoms with Crippen molar-refractivity contribution in [1.29, 1.82) is 5.26 Å². The fraction of sp³-hybridized carbons (Fsp3) is 0. The van der Waals surface area contributed by atoms with Crippen LogP contribution >= 0.6 is 0 Å². The number of rotatable bonds is 5. The Morgan fingerprint density at radius 3 is 1.64 bits per heavy atom. The fourth-order valence-electron chi connectivity index (χ4n) is 8.03. The average molecular weight is 713 g/mol. The zero-order valence-electron chi connectivity index (χ0n) is 29.8. The number of nitrogens with zero attached hydrogens (tertiary/aromatic N) is 6. The van der Waals surface area contributed by atoms with Gasteiger partial charge < -0.3 is 4.57 Å². The van der Waals surface area contributed by atoms with Crippen LogP contribution in [0.2, 0.25) is 0 Å². The summed E-state index contributed by atoms with van der Waals surface area (Å²) in [5, 5.41) is 13.8. The van der Waals surface area contributed by atoms with Gasteiger partial charge in [-0.3, -0.25) is 4.57 Å². The van der Waals surface area contributed by atoms with Crippen LogP contribution in [-0.4, -0.2) is 14.1 Å². The van der Waals surface area contributed by atoms with Gasteiger partial charge in [0, 0.05) is 27.1 Å². The van der Waals surface area contributed by atoms with E-state index in [4.69, 9.17) is 18.1 Å². The number of hydrogen-bond acceptors (Lipinski definition) is 2. The third-order valence-corrected chi connectivity index (χ3v) is 10.7. The van der Waals surface area contributed by atoms with Crippen LogP contribution in [0.1, 0.15) is 5.56 Å². The van der Waals surface area contributed by atoms with E-state index in [0.29, 0.717) is 16.9 Å². The lowest BCUT2D eigenvalue weighted by Gasteiger charge is -2.17. The zero-order chi connectivity index (χ0) is 37.8. The Labute approximate surface area is 322 Å². The molecule has 258 valence electrons. The monoisotopic (exact) mass is 712 g/mol. The first-order valence-electron chi connectivity index (χ1n) is 18.2. The molecular formula is C50H28N6. The lowest BCUT2D eigenvalue weighted by atomic mass is 10.0. The van der Waals surface area contributed by atoms with Crippen molar-refractivity contribution < 1.29 is 0 Å². The molecule has 0 saturated heterocycles. The third-order valence-electron chi connectivity index (χ3n) is 10.7. The van der Waals surface area contributed by atoms with E-state index < -0.39 is 0 Å². The highest BCUT2D eigenvalue weighted by Gasteiger charge is 2.21. The lowest BCUT2D eigenvalue weighted by molar-refractivity contribution is 1.06. The first-order valence-corrected chi connectivity index (χ1v) is 18.2. The third kappa shape index (κ3) is 5.12. The highest BCUT2D eigenvalue weighted by molar-refractivity contribution is 6.12. The van der Waals surface area contributed by atoms with Crippen molar-refractivity contribution in [3.05, 3.63) is 198 Å². The van der Waals surface area contributed by atoms with Gasteiger partial charge in [-0.05, 0) is 82.4 Å². The van der Waals surface area contributed by atoms with Crippen molar-refractivity contribution in [1.82, 2.24) is 14.1 Å². The molecule has 0 aliphatic heterocycles. The Balaban J connectivity index is 1.21. The molecule has 3 heterocycles. The number of benzene rings is 7. The summed E-state index contributed by atoms with van der Waals surface area (Å²) < 4.78 is 4.47. The Hall–Kier alpha value is -8.24. The zero-order valence-corrected chi connectivity index (χ0v) is 29.8. The molecule has 0 fully saturated rings. The van der Waals surface area contributed by atoms with Crippen LogP contribution in [0.25, 0.3) is 98.2 Å². The lowest BCUT2D eigenvalue weighted by Crippen LogP contribution is -2.03. The van der Waals surface area contributed by atoms with E-state index in [1.165, 1.54) is 0 Å². The molecule has 0 saturated carbocycles. The molecule has 6 heteroatoms. The molecular weight excluding hydrogens is 685 g/mol. The molecule has 3 aromatic heterocycles. The summed E-state index contributed by atoms with van der Waals surface area (Å²) in [4.78, 5) is 12.8. The van der Waals surface area contributed by atoms with Crippen LogP contribution in [0.5, 0.6) is 0 Å². The normalized spacial score (nSPS) is 11.2. The van der Waals surface area contributed by atoms with Crippen molar-refractivity contribution >= 4 is 55.0 Å². The second-order valence-corrected chi connectivity index (χ2v) is 13.7. The van der Waals surface area contributed by atoms with Crippen molar-refractivity contribution in [3.63, 3.8) is 0 Å². The standard InChI is InChI=1S/C50H28N6/c1-52-37-23-19-34(20-24-37)36-22-26-48-42(28-36)40-11-5-8-14-46(40)56(48)50-29-43(38-9-3-6-12-44(38)53-2)49(31-54-50)55-45-13-7-4-10-39(45)41-27-35(21-25-47(41)55)33-17-15-32(30-51)16-18-33/h3-29,31H. The van der Waals surface area contributed by atoms with Gasteiger partial charge in [-0.25, -0.2) is 14.7 Å². The molecule has 6 nitrogen and oxygen atoms in total. The number of fused-ring (bicyclic) bond motifs is 6. The highest BCUT2D eigenvalue weighted by Crippen LogP contribution is 2.42. The van der Waals surface area contributed by atoms with Crippen LogP contribution in [0, 0.1) is 24.5 Å². The van der Waals surface area contributed by atoms with Gasteiger partial charge >= 0.3 is 0 Å². The topological polar surface area (TPSA) is 55.3 Å². The molecule has 0 amide bonds. The van der Waals surface area contributed by atoms with E-state index >= 15 is 0 Å². The molecule has 0 spiro atoms. The van der Waals surface area contributed by atoms with Crippen LogP contribution < -0.4 is 0 Å². The van der Waals surface area contributed by atoms with Gasteiger partial charge in [0.15, 0.2) is 11.4 Å². The summed E-state index contributed by atoms with van der Waals surface area (Å²) in [6.07, 6.45) is 1.94. The van der Waals surface area contributed by atoms with Crippen LogP contribution in [0.4, 0.5) is 11.4 Å². The van der Waals surface area contributed by atoms with Crippen LogP contribution in [0.3, 0.4) is 0 Å². The maximum atomic E-state index is 9.35. The van der Waals surface area contributed by atoms with E-state index in [-0.39, 0.29) is 0 Å². The second kappa shape index (κ2) is 13.0. The molecule has 0 N–H and O–H groups in total. The summed E-state index contributed by atoms with van der Waals surface area (Å²) in [6.45, 7) is 15.5. The van der Waals surface area contributed by atoms with Gasteiger partial charge in [-0.1, -0.05) is 109 Å². The number of nitriles is 1. The largest absolute Gasteiger partial charge is 0.307 e. The smallest absolute Gasteiger partial charge is 0.194 e. The summed E-state index contributed by atoms with van der Waals surface area (Å²) in [6, 6.07) is 57.3. The summed E-state index contributed by atoms with van der Waals surface area (Å²) in [5.74, 6) is 0.743. The van der Waals surface area contributed by atoms with E-state index in [1.807, 2.05) is 79.0 Å². The van der Waals surface area contributed by atoms with Crippen LogP contribution in [-0.2, 0) is 0 Å². The van der Waals surface area contributed by atoms with Gasteiger partial charge in [0.2, 0.25) is 0 Å². The van der Waals surface area contributed by atoms with Gasteiger partial charge in [0.05, 0.1) is 58.7 Å². The Morgan fingerprint density at radius 1 is 0.482 bits per heavy atom. The molecule has 0 aliphatic rings. The molecule has 10 rings (SSSR count). The van der Waals surface area contributed by atoms with E-state index in [9.17, 15) is 5.26 Å². The minimum atomic E-state index is 0.561. The molecule has 10 aromatic rings. The fourth-order valence-corrected chi connectivity index (χ4v) is 8.03. The van der Waals surface area contributed by atoms with E-state index in [0.717, 1.165) is 88.5 Å². The SMILES string of the molecule is [C-]#[N+]c1ccc(-c2ccc3c(c2)c2ccccc2n3-c2cc(-c3ccccc3[N+]#[C-])c(-n3c4ccccc4c4cc(-c5ccc(C#N)cc5)ccc43)cn2)cc1. The molecule has 56 heavy (non-hydrogen) atoms. The minimum absolute atomic E-state index is 0.561. The first-order chi connectivity index (χ1) is 27.6. The average Bonchev–Trinajstić information content (AvgIpc) is 3.78. The predicted octanol–water partition coefficient (Wildman–Crippen LogP) is 13.3. The van der Waals surface area contributed by atoms with Gasteiger partial charge in [-0.15, -0.1) is 0 Å². The molecule has 0 atom stereocenters. The van der Waals surface area contributed by atoms with Gasteiger partial charge in [0.1, 0.15) is 5.82 Å². The molecule has 0 aliphatic carbocycles. The first kappa shape index (κ1) is 32.4. The second-order valence-electron chi connectivity index (χ2n) is 13.7. The molecule has 0 bridgehead atoms. The summed E-state index contributed by atoms with van der Waals surface area (Å²) >= 11 is 0. The maximum absolute atomic E-state index is 9.35. The Kier molecular flexibility index (Phi) is 7.53. The van der Waals surface area contributed by atoms with Crippen molar-refractivity contribution in [3.8, 4) is 51.0 Å². The minimum Gasteiger partial charge on any atom is -0.307 e. The van der Waals surface area contributed by atoms with Gasteiger partial charge in [-0.2, -0.15) is 5.26 Å². The number of hydrogen-bond donors (Lipinski definition) is 0. The maximum Gasteiger partial charge on any atom is 0.194 e. The number of pyridine rings is 1. The van der Waals surface area contributed by atoms with E-state index in [2.05, 4.69) is 116 Å². The predicted molar refractivity (Wildman–Crippen MR) is 226 cm³/mol. The van der Waals surface area contributed by atoms with Crippen molar-refractivity contribution in [2.45, 2.75) is 0 Å². The molecule has 7 aromatic carbocycles. The number of aromatic nitrogens is 3. The van der Waals surface area contributed by atoms with E-state index in [1.54, 1.807) is 0 Å². The quantitative estimate of drug-likeness (QED) is 0.167. The summed E-state index contributed by atoms with van der Waals surface area (Å²) in [7, 11) is 0. The van der Waals surface area contributed by atoms with Crippen molar-refractivity contribution in [2.75, 3.05) is 0 Å². The molecule has 0 radical (unpaired) electrons. The highest BCUT2D eigenvalue weighted by atomic mass is 15.1.